The first-order valence-corrected chi connectivity index (χ1v) is 8.54. The van der Waals surface area contributed by atoms with Gasteiger partial charge >= 0.3 is 0 Å². The third-order valence-corrected chi connectivity index (χ3v) is 4.92. The zero-order chi connectivity index (χ0) is 15.0. The van der Waals surface area contributed by atoms with E-state index in [-0.39, 0.29) is 11.4 Å². The summed E-state index contributed by atoms with van der Waals surface area (Å²) in [5.74, 6) is 0.113. The number of nitrogens with zero attached hydrogens (tertiary/aromatic N) is 3. The Bertz CT molecular complexity index is 523. The number of carbonyl (C=O) groups is 1. The monoisotopic (exact) mass is 308 g/mol. The molecular weight excluding hydrogens is 284 g/mol. The van der Waals surface area contributed by atoms with Gasteiger partial charge in [0.2, 0.25) is 5.91 Å². The largest absolute Gasteiger partial charge is 0.309 e. The van der Waals surface area contributed by atoms with Crippen LogP contribution in [-0.2, 0) is 11.3 Å². The molecule has 1 saturated carbocycles. The molecule has 1 aliphatic heterocycles. The Kier molecular flexibility index (Phi) is 4.03. The summed E-state index contributed by atoms with van der Waals surface area (Å²) in [5.41, 5.74) is 1.25. The van der Waals surface area contributed by atoms with E-state index in [1.165, 1.54) is 0 Å². The van der Waals surface area contributed by atoms with E-state index >= 15 is 0 Å². The number of thiazole rings is 1. The van der Waals surface area contributed by atoms with Crippen LogP contribution in [0, 0.1) is 0 Å². The van der Waals surface area contributed by atoms with Crippen LogP contribution in [0.2, 0.25) is 0 Å². The van der Waals surface area contributed by atoms with Gasteiger partial charge in [-0.15, -0.1) is 11.3 Å². The van der Waals surface area contributed by atoms with Crippen molar-refractivity contribution in [1.29, 1.82) is 0 Å². The van der Waals surface area contributed by atoms with Crippen molar-refractivity contribution in [3.05, 3.63) is 11.1 Å². The van der Waals surface area contributed by atoms with Crippen molar-refractivity contribution in [2.45, 2.75) is 51.7 Å². The molecule has 1 N–H and O–H groups in total. The molecule has 3 rings (SSSR count). The van der Waals surface area contributed by atoms with Crippen LogP contribution in [0.15, 0.2) is 5.38 Å². The molecule has 0 unspecified atom stereocenters. The highest BCUT2D eigenvalue weighted by atomic mass is 32.1. The Labute approximate surface area is 130 Å². The number of rotatable bonds is 4. The third-order valence-electron chi connectivity index (χ3n) is 4.03. The topological polar surface area (TPSA) is 48.5 Å². The first-order valence-electron chi connectivity index (χ1n) is 7.66. The minimum absolute atomic E-state index is 0.113. The summed E-state index contributed by atoms with van der Waals surface area (Å²) >= 11 is 1.59. The maximum Gasteiger partial charge on any atom is 0.225 e. The first-order chi connectivity index (χ1) is 9.94. The molecule has 6 heteroatoms. The van der Waals surface area contributed by atoms with E-state index < -0.39 is 0 Å². The first kappa shape index (κ1) is 14.9. The second-order valence-electron chi connectivity index (χ2n) is 6.76. The molecule has 116 valence electrons. The molecule has 0 spiro atoms. The predicted octanol–water partition coefficient (Wildman–Crippen LogP) is 1.84. The summed E-state index contributed by atoms with van der Waals surface area (Å²) in [6.45, 7) is 10.1. The molecule has 2 heterocycles. The van der Waals surface area contributed by atoms with Crippen LogP contribution in [-0.4, -0.2) is 47.0 Å². The number of hydrogen-bond acceptors (Lipinski definition) is 5. The second kappa shape index (κ2) is 5.66. The molecule has 0 aromatic carbocycles. The third kappa shape index (κ3) is 3.62. The lowest BCUT2D eigenvalue weighted by Gasteiger charge is -2.38. The zero-order valence-electron chi connectivity index (χ0n) is 13.1. The average molecular weight is 308 g/mol. The average Bonchev–Trinajstić information content (AvgIpc) is 3.09. The van der Waals surface area contributed by atoms with Gasteiger partial charge < -0.3 is 5.32 Å². The van der Waals surface area contributed by atoms with Gasteiger partial charge in [-0.05, 0) is 26.7 Å². The van der Waals surface area contributed by atoms with Crippen molar-refractivity contribution in [3.8, 4) is 0 Å². The Balaban J connectivity index is 1.66. The van der Waals surface area contributed by atoms with Crippen molar-refractivity contribution in [1.82, 2.24) is 15.2 Å². The van der Waals surface area contributed by atoms with Crippen molar-refractivity contribution in [2.24, 2.45) is 0 Å². The Morgan fingerprint density at radius 1 is 1.57 bits per heavy atom. The minimum atomic E-state index is 0.113. The zero-order valence-corrected chi connectivity index (χ0v) is 13.9. The normalized spacial score (nSPS) is 22.2. The SMILES string of the molecule is CC(=O)N(c1nc(CN2CCNC(C)(C)C2)cs1)C1CC1. The molecule has 1 aliphatic carbocycles. The van der Waals surface area contributed by atoms with E-state index in [0.717, 1.165) is 49.8 Å². The molecule has 1 amide bonds. The van der Waals surface area contributed by atoms with Crippen LogP contribution >= 0.6 is 11.3 Å². The van der Waals surface area contributed by atoms with Gasteiger partial charge in [0.1, 0.15) is 0 Å². The van der Waals surface area contributed by atoms with Crippen molar-refractivity contribution >= 4 is 22.4 Å². The van der Waals surface area contributed by atoms with Gasteiger partial charge in [0.05, 0.1) is 5.69 Å². The van der Waals surface area contributed by atoms with Gasteiger partial charge in [-0.3, -0.25) is 14.6 Å². The Hall–Kier alpha value is -0.980. The fraction of sp³-hybridized carbons (Fsp3) is 0.733. The standard InChI is InChI=1S/C15H24N4OS/c1-11(20)19(13-4-5-13)14-17-12(9-21-14)8-18-7-6-16-15(2,3)10-18/h9,13,16H,4-8,10H2,1-3H3. The molecule has 1 saturated heterocycles. The van der Waals surface area contributed by atoms with Crippen molar-refractivity contribution in [2.75, 3.05) is 24.5 Å². The van der Waals surface area contributed by atoms with Crippen LogP contribution in [0.1, 0.15) is 39.3 Å². The molecule has 0 radical (unpaired) electrons. The molecule has 0 atom stereocenters. The lowest BCUT2D eigenvalue weighted by Crippen LogP contribution is -2.56. The molecule has 1 aromatic heterocycles. The van der Waals surface area contributed by atoms with Crippen LogP contribution in [0.3, 0.4) is 0 Å². The summed E-state index contributed by atoms with van der Waals surface area (Å²) < 4.78 is 0. The lowest BCUT2D eigenvalue weighted by atomic mass is 10.0. The van der Waals surface area contributed by atoms with Crippen molar-refractivity contribution < 1.29 is 4.79 Å². The number of nitrogens with one attached hydrogen (secondary N) is 1. The van der Waals surface area contributed by atoms with E-state index in [1.807, 2.05) is 4.90 Å². The quantitative estimate of drug-likeness (QED) is 0.922. The highest BCUT2D eigenvalue weighted by molar-refractivity contribution is 7.14. The lowest BCUT2D eigenvalue weighted by molar-refractivity contribution is -0.116. The molecule has 2 aliphatic rings. The van der Waals surface area contributed by atoms with Crippen LogP contribution in [0.4, 0.5) is 5.13 Å². The number of piperazine rings is 1. The summed E-state index contributed by atoms with van der Waals surface area (Å²) in [6.07, 6.45) is 2.22. The molecule has 5 nitrogen and oxygen atoms in total. The Morgan fingerprint density at radius 2 is 2.33 bits per heavy atom. The summed E-state index contributed by atoms with van der Waals surface area (Å²) in [5, 5.41) is 6.49. The van der Waals surface area contributed by atoms with E-state index in [4.69, 9.17) is 4.98 Å². The smallest absolute Gasteiger partial charge is 0.225 e. The van der Waals surface area contributed by atoms with E-state index in [2.05, 4.69) is 29.4 Å². The van der Waals surface area contributed by atoms with Crippen LogP contribution in [0.5, 0.6) is 0 Å². The van der Waals surface area contributed by atoms with Crippen LogP contribution in [0.25, 0.3) is 0 Å². The minimum Gasteiger partial charge on any atom is -0.309 e. The fourth-order valence-corrected chi connectivity index (χ4v) is 3.90. The Morgan fingerprint density at radius 3 is 2.95 bits per heavy atom. The van der Waals surface area contributed by atoms with Gasteiger partial charge in [-0.2, -0.15) is 0 Å². The number of hydrogen-bond donors (Lipinski definition) is 1. The van der Waals surface area contributed by atoms with E-state index in [9.17, 15) is 4.79 Å². The van der Waals surface area contributed by atoms with Crippen LogP contribution < -0.4 is 10.2 Å². The van der Waals surface area contributed by atoms with Crippen molar-refractivity contribution in [3.63, 3.8) is 0 Å². The van der Waals surface area contributed by atoms with Gasteiger partial charge in [0.25, 0.3) is 0 Å². The van der Waals surface area contributed by atoms with Gasteiger partial charge in [-0.1, -0.05) is 0 Å². The highest BCUT2D eigenvalue weighted by Gasteiger charge is 2.34. The highest BCUT2D eigenvalue weighted by Crippen LogP contribution is 2.33. The second-order valence-corrected chi connectivity index (χ2v) is 7.60. The fourth-order valence-electron chi connectivity index (χ4n) is 2.97. The number of amides is 1. The maximum atomic E-state index is 11.8. The van der Waals surface area contributed by atoms with E-state index in [0.29, 0.717) is 6.04 Å². The molecule has 2 fully saturated rings. The van der Waals surface area contributed by atoms with E-state index in [1.54, 1.807) is 18.3 Å². The van der Waals surface area contributed by atoms with Gasteiger partial charge in [0, 0.05) is 50.1 Å². The predicted molar refractivity (Wildman–Crippen MR) is 85.7 cm³/mol. The molecule has 21 heavy (non-hydrogen) atoms. The maximum absolute atomic E-state index is 11.8. The summed E-state index contributed by atoms with van der Waals surface area (Å²) in [7, 11) is 0. The molecular formula is C15H24N4OS. The molecule has 0 bridgehead atoms. The number of carbonyl (C=O) groups excluding carboxylic acids is 1. The number of anilines is 1. The van der Waals surface area contributed by atoms with Gasteiger partial charge in [0.15, 0.2) is 5.13 Å². The summed E-state index contributed by atoms with van der Waals surface area (Å²) in [6, 6.07) is 0.389. The van der Waals surface area contributed by atoms with Gasteiger partial charge in [-0.25, -0.2) is 4.98 Å². The number of aromatic nitrogens is 1. The molecule has 1 aromatic rings. The summed E-state index contributed by atoms with van der Waals surface area (Å²) in [4.78, 5) is 20.8.